The number of ether oxygens (including phenoxy) is 2. The molecule has 2 aromatic heterocycles. The van der Waals surface area contributed by atoms with Crippen molar-refractivity contribution in [1.29, 1.82) is 0 Å². The number of aliphatic carboxylic acids is 2. The molecule has 14 heteroatoms. The highest BCUT2D eigenvalue weighted by Crippen LogP contribution is 2.45. The Morgan fingerprint density at radius 3 is 1.51 bits per heavy atom. The molecule has 2 heterocycles. The van der Waals surface area contributed by atoms with E-state index < -0.39 is 48.5 Å². The molecular weight excluding hydrogens is 865 g/mol. The molecule has 0 aliphatic heterocycles. The molecule has 2 amide bonds. The summed E-state index contributed by atoms with van der Waals surface area (Å²) in [6, 6.07) is 41.5. The van der Waals surface area contributed by atoms with Gasteiger partial charge in [-0.05, 0) is 77.6 Å². The van der Waals surface area contributed by atoms with E-state index in [-0.39, 0.29) is 11.1 Å². The summed E-state index contributed by atoms with van der Waals surface area (Å²) >= 11 is 0. The first-order chi connectivity index (χ1) is 32.9. The molecule has 0 radical (unpaired) electrons. The number of carbonyl (C=O) groups is 6. The summed E-state index contributed by atoms with van der Waals surface area (Å²) in [5, 5.41) is 22.6. The first-order valence-corrected chi connectivity index (χ1v) is 21.9. The van der Waals surface area contributed by atoms with E-state index in [1.165, 1.54) is 5.56 Å². The minimum absolute atomic E-state index is 0.150. The molecule has 0 saturated carbocycles. The van der Waals surface area contributed by atoms with E-state index in [9.17, 15) is 39.0 Å². The average Bonchev–Trinajstić information content (AvgIpc) is 3.86. The van der Waals surface area contributed by atoms with E-state index >= 15 is 0 Å². The second-order valence-corrected chi connectivity index (χ2v) is 16.6. The van der Waals surface area contributed by atoms with Crippen LogP contribution in [0, 0.1) is 0 Å². The number of amides is 2. The van der Waals surface area contributed by atoms with Gasteiger partial charge in [0.15, 0.2) is 13.2 Å². The molecule has 7 aromatic carbocycles. The maximum absolute atomic E-state index is 12.8. The fourth-order valence-electron chi connectivity index (χ4n) is 9.53. The quantitative estimate of drug-likeness (QED) is 0.0608. The van der Waals surface area contributed by atoms with Crippen LogP contribution in [0.2, 0.25) is 0 Å². The summed E-state index contributed by atoms with van der Waals surface area (Å²) in [7, 11) is 0. The zero-order valence-corrected chi connectivity index (χ0v) is 36.6. The summed E-state index contributed by atoms with van der Waals surface area (Å²) < 4.78 is 15.7. The molecule has 1 aliphatic rings. The maximum atomic E-state index is 12.8. The minimum atomic E-state index is -1.12. The van der Waals surface area contributed by atoms with Gasteiger partial charge in [-0.2, -0.15) is 0 Å². The first kappa shape index (κ1) is 44.4. The summed E-state index contributed by atoms with van der Waals surface area (Å²) in [4.78, 5) is 72.0. The van der Waals surface area contributed by atoms with Crippen LogP contribution < -0.4 is 20.9 Å². The van der Waals surface area contributed by atoms with E-state index in [2.05, 4.69) is 9.13 Å². The van der Waals surface area contributed by atoms with E-state index in [0.717, 1.165) is 69.7 Å². The van der Waals surface area contributed by atoms with Crippen molar-refractivity contribution in [2.45, 2.75) is 38.8 Å². The van der Waals surface area contributed by atoms with Crippen LogP contribution in [0.1, 0.15) is 55.8 Å². The predicted octanol–water partition coefficient (Wildman–Crippen LogP) is 7.98. The molecular formula is C54H44N4O10. The van der Waals surface area contributed by atoms with E-state index in [1.54, 1.807) is 30.3 Å². The Hall–Kier alpha value is -8.78. The van der Waals surface area contributed by atoms with Gasteiger partial charge >= 0.3 is 11.9 Å². The molecule has 14 nitrogen and oxygen atoms in total. The third-order valence-corrected chi connectivity index (χ3v) is 12.3. The van der Waals surface area contributed by atoms with Gasteiger partial charge in [0.2, 0.25) is 0 Å². The molecule has 0 atom stereocenters. The number of nitrogens with two attached hydrogens (primary N) is 2. The number of primary amides is 2. The number of hydrogen-bond acceptors (Lipinski definition) is 8. The third-order valence-electron chi connectivity index (χ3n) is 12.3. The van der Waals surface area contributed by atoms with Gasteiger partial charge < -0.3 is 40.3 Å². The summed E-state index contributed by atoms with van der Waals surface area (Å²) in [6.07, 6.45) is 3.82. The van der Waals surface area contributed by atoms with Gasteiger partial charge in [0, 0.05) is 40.4 Å². The van der Waals surface area contributed by atoms with Gasteiger partial charge in [-0.3, -0.25) is 19.2 Å². The smallest absolute Gasteiger partial charge is 0.341 e. The number of carboxylic acids is 2. The first-order valence-electron chi connectivity index (χ1n) is 21.9. The molecule has 6 N–H and O–H groups in total. The standard InChI is InChI=1S/C27H24N2O5.C27H20N2O5/c2*28-27(33)26(32)19-11-6-12-20-23(19)24-21(34-15-22(30)31)13-17-9-4-5-10-18(17)25(24)29(20)14-16-7-2-1-3-8-16/h1-3,6-8,11-13H,4-5,9-10,14-15H2,(H2,28,33)(H,30,31);1-13H,14-15H2,(H2,28,33)(H,30,31). The summed E-state index contributed by atoms with van der Waals surface area (Å²) in [5.41, 5.74) is 18.7. The summed E-state index contributed by atoms with van der Waals surface area (Å²) in [5.74, 6) is -5.20. The van der Waals surface area contributed by atoms with Crippen LogP contribution in [-0.2, 0) is 45.1 Å². The van der Waals surface area contributed by atoms with Crippen molar-refractivity contribution in [3.63, 3.8) is 0 Å². The molecule has 0 unspecified atom stereocenters. The Bertz CT molecular complexity index is 3520. The number of aryl methyl sites for hydroxylation is 2. The molecule has 0 saturated heterocycles. The minimum Gasteiger partial charge on any atom is -0.481 e. The van der Waals surface area contributed by atoms with Crippen molar-refractivity contribution in [1.82, 2.24) is 9.13 Å². The van der Waals surface area contributed by atoms with Gasteiger partial charge in [0.1, 0.15) is 11.5 Å². The zero-order chi connectivity index (χ0) is 47.6. The van der Waals surface area contributed by atoms with Crippen LogP contribution in [0.5, 0.6) is 11.5 Å². The summed E-state index contributed by atoms with van der Waals surface area (Å²) in [6.45, 7) is -0.0266. The monoisotopic (exact) mass is 908 g/mol. The van der Waals surface area contributed by atoms with Crippen LogP contribution in [0.25, 0.3) is 54.4 Å². The Labute approximate surface area is 387 Å². The molecule has 0 fully saturated rings. The van der Waals surface area contributed by atoms with Crippen molar-refractivity contribution in [3.05, 3.63) is 167 Å². The lowest BCUT2D eigenvalue weighted by molar-refractivity contribution is -0.140. The van der Waals surface area contributed by atoms with Crippen LogP contribution in [0.3, 0.4) is 0 Å². The molecule has 68 heavy (non-hydrogen) atoms. The SMILES string of the molecule is NC(=O)C(=O)c1cccc2c1c1c(OCC(=O)O)cc3c(c1n2Cc1ccccc1)CCCC3.NC(=O)C(=O)c1cccc2c1c1c(OCC(=O)O)cc3ccccc3c1n2Cc1ccccc1. The Balaban J connectivity index is 0.000000170. The Morgan fingerprint density at radius 1 is 0.515 bits per heavy atom. The van der Waals surface area contributed by atoms with Crippen molar-refractivity contribution < 1.29 is 48.5 Å². The highest BCUT2D eigenvalue weighted by atomic mass is 16.5. The maximum Gasteiger partial charge on any atom is 0.341 e. The second kappa shape index (κ2) is 18.6. The van der Waals surface area contributed by atoms with Crippen LogP contribution in [0.4, 0.5) is 0 Å². The van der Waals surface area contributed by atoms with Gasteiger partial charge in [-0.1, -0.05) is 109 Å². The predicted molar refractivity (Wildman–Crippen MR) is 257 cm³/mol. The zero-order valence-electron chi connectivity index (χ0n) is 36.6. The number of hydrogen-bond donors (Lipinski definition) is 4. The second-order valence-electron chi connectivity index (χ2n) is 16.6. The number of ketones is 2. The Morgan fingerprint density at radius 2 is 0.985 bits per heavy atom. The van der Waals surface area contributed by atoms with E-state index in [1.807, 2.05) is 103 Å². The lowest BCUT2D eigenvalue weighted by Crippen LogP contribution is -2.23. The average molecular weight is 909 g/mol. The number of aromatic nitrogens is 2. The van der Waals surface area contributed by atoms with Gasteiger partial charge in [-0.25, -0.2) is 9.59 Å². The van der Waals surface area contributed by atoms with Crippen molar-refractivity contribution in [2.24, 2.45) is 11.5 Å². The molecule has 340 valence electrons. The molecule has 1 aliphatic carbocycles. The van der Waals surface area contributed by atoms with Crippen molar-refractivity contribution >= 4 is 89.7 Å². The van der Waals surface area contributed by atoms with Crippen molar-refractivity contribution in [2.75, 3.05) is 13.2 Å². The third kappa shape index (κ3) is 8.34. The number of carbonyl (C=O) groups excluding carboxylic acids is 4. The number of rotatable bonds is 14. The molecule has 0 spiro atoms. The number of nitrogens with zero attached hydrogens (tertiary/aromatic N) is 2. The fourth-order valence-corrected chi connectivity index (χ4v) is 9.53. The number of Topliss-reactive ketones (excluding diaryl/α,β-unsaturated/α-hetero) is 2. The number of benzene rings is 7. The fraction of sp³-hybridized carbons (Fsp3) is 0.148. The highest BCUT2D eigenvalue weighted by molar-refractivity contribution is 6.46. The topological polar surface area (TPSA) is 223 Å². The highest BCUT2D eigenvalue weighted by Gasteiger charge is 2.28. The van der Waals surface area contributed by atoms with E-state index in [4.69, 9.17) is 20.9 Å². The Kier molecular flexibility index (Phi) is 12.2. The number of carboxylic acid groups (broad SMARTS) is 2. The van der Waals surface area contributed by atoms with Crippen LogP contribution >= 0.6 is 0 Å². The van der Waals surface area contributed by atoms with Crippen LogP contribution in [-0.4, -0.2) is 67.9 Å². The molecule has 9 aromatic rings. The molecule has 10 rings (SSSR count). The van der Waals surface area contributed by atoms with Gasteiger partial charge in [-0.15, -0.1) is 0 Å². The van der Waals surface area contributed by atoms with Gasteiger partial charge in [0.25, 0.3) is 23.4 Å². The van der Waals surface area contributed by atoms with Crippen molar-refractivity contribution in [3.8, 4) is 11.5 Å². The lowest BCUT2D eigenvalue weighted by Gasteiger charge is -2.21. The largest absolute Gasteiger partial charge is 0.481 e. The number of fused-ring (bicyclic) bond motifs is 10. The van der Waals surface area contributed by atoms with E-state index in [0.29, 0.717) is 51.7 Å². The lowest BCUT2D eigenvalue weighted by atomic mass is 9.89. The molecule has 0 bridgehead atoms. The normalized spacial score (nSPS) is 12.1. The van der Waals surface area contributed by atoms with Gasteiger partial charge in [0.05, 0.1) is 32.8 Å². The van der Waals surface area contributed by atoms with Crippen LogP contribution in [0.15, 0.2) is 133 Å².